The van der Waals surface area contributed by atoms with Crippen LogP contribution in [0.25, 0.3) is 0 Å². The third kappa shape index (κ3) is 5.89. The maximum atomic E-state index is 5.43. The molecule has 0 amide bonds. The minimum absolute atomic E-state index is 0.178. The minimum Gasteiger partial charge on any atom is -0.343 e. The van der Waals surface area contributed by atoms with Gasteiger partial charge < -0.3 is 16.6 Å². The van der Waals surface area contributed by atoms with Crippen molar-refractivity contribution in [2.45, 2.75) is 19.9 Å². The minimum atomic E-state index is -0.178. The molecule has 8 heteroatoms. The number of hydrogen-bond acceptors (Lipinski definition) is 7. The van der Waals surface area contributed by atoms with Crippen molar-refractivity contribution in [2.75, 3.05) is 16.8 Å². The second kappa shape index (κ2) is 9.16. The van der Waals surface area contributed by atoms with Gasteiger partial charge in [0.05, 0.1) is 6.04 Å². The maximum Gasteiger partial charge on any atom is 0.223 e. The van der Waals surface area contributed by atoms with Gasteiger partial charge in [-0.3, -0.25) is 0 Å². The predicted molar refractivity (Wildman–Crippen MR) is 85.1 cm³/mol. The van der Waals surface area contributed by atoms with Gasteiger partial charge in [0.15, 0.2) is 5.84 Å². The van der Waals surface area contributed by atoms with Crippen molar-refractivity contribution in [1.29, 1.82) is 0 Å². The van der Waals surface area contributed by atoms with Crippen molar-refractivity contribution in [2.24, 2.45) is 16.8 Å². The molecule has 1 rings (SSSR count). The highest BCUT2D eigenvalue weighted by atomic mass is 32.2. The van der Waals surface area contributed by atoms with Gasteiger partial charge in [0.25, 0.3) is 0 Å². The van der Waals surface area contributed by atoms with E-state index in [9.17, 15) is 0 Å². The van der Waals surface area contributed by atoms with Gasteiger partial charge in [-0.05, 0) is 19.9 Å². The Bertz CT molecular complexity index is 442. The Kier molecular flexibility index (Phi) is 7.44. The average molecular weight is 295 g/mol. The van der Waals surface area contributed by atoms with E-state index < -0.39 is 0 Å². The van der Waals surface area contributed by atoms with Crippen LogP contribution >= 0.6 is 11.8 Å². The number of amidine groups is 1. The normalized spacial score (nSPS) is 12.7. The van der Waals surface area contributed by atoms with Gasteiger partial charge in [0.1, 0.15) is 0 Å². The van der Waals surface area contributed by atoms with Crippen LogP contribution in [0.5, 0.6) is 0 Å². The second-order valence-electron chi connectivity index (χ2n) is 4.25. The molecule has 1 unspecified atom stereocenters. The molecule has 110 valence electrons. The number of allylic oxidation sites excluding steroid dienone is 1. The van der Waals surface area contributed by atoms with Crippen LogP contribution in [0.3, 0.4) is 0 Å². The molecule has 0 radical (unpaired) electrons. The van der Waals surface area contributed by atoms with Gasteiger partial charge in [0.2, 0.25) is 5.95 Å². The molecule has 0 bridgehead atoms. The summed E-state index contributed by atoms with van der Waals surface area (Å²) >= 11 is 1.74. The van der Waals surface area contributed by atoms with Crippen molar-refractivity contribution in [3.63, 3.8) is 0 Å². The van der Waals surface area contributed by atoms with Crippen molar-refractivity contribution in [3.05, 3.63) is 30.1 Å². The monoisotopic (exact) mass is 295 g/mol. The lowest BCUT2D eigenvalue weighted by atomic mass is 10.3. The number of thioether (sulfide) groups is 1. The molecule has 6 N–H and O–H groups in total. The number of nitrogens with two attached hydrogens (primary N) is 2. The van der Waals surface area contributed by atoms with Crippen LogP contribution in [0, 0.1) is 0 Å². The number of aromatic nitrogens is 2. The third-order valence-corrected chi connectivity index (χ3v) is 3.35. The topological polar surface area (TPSA) is 114 Å². The first-order valence-corrected chi connectivity index (χ1v) is 7.32. The van der Waals surface area contributed by atoms with E-state index in [0.29, 0.717) is 11.8 Å². The zero-order valence-corrected chi connectivity index (χ0v) is 12.5. The van der Waals surface area contributed by atoms with Gasteiger partial charge in [-0.1, -0.05) is 11.6 Å². The number of hydrazone groups is 1. The number of nitrogens with zero attached hydrogens (tertiary/aromatic N) is 3. The summed E-state index contributed by atoms with van der Waals surface area (Å²) in [5.41, 5.74) is 3.79. The van der Waals surface area contributed by atoms with Gasteiger partial charge in [-0.2, -0.15) is 16.9 Å². The Morgan fingerprint density at radius 2 is 2.15 bits per heavy atom. The Morgan fingerprint density at radius 3 is 2.70 bits per heavy atom. The second-order valence-corrected chi connectivity index (χ2v) is 5.32. The van der Waals surface area contributed by atoms with E-state index in [0.717, 1.165) is 11.5 Å². The molecule has 0 spiro atoms. The molecule has 0 aliphatic heterocycles. The highest BCUT2D eigenvalue weighted by Crippen LogP contribution is 2.09. The Balaban J connectivity index is 2.63. The lowest BCUT2D eigenvalue weighted by Crippen LogP contribution is -2.45. The van der Waals surface area contributed by atoms with E-state index in [1.54, 1.807) is 30.2 Å². The molecule has 7 nitrogen and oxygen atoms in total. The average Bonchev–Trinajstić information content (AvgIpc) is 2.45. The summed E-state index contributed by atoms with van der Waals surface area (Å²) in [5.74, 6) is 13.4. The van der Waals surface area contributed by atoms with Crippen LogP contribution < -0.4 is 22.4 Å². The zero-order chi connectivity index (χ0) is 14.8. The molecule has 1 aromatic heterocycles. The number of rotatable bonds is 7. The number of nitrogens with one attached hydrogen (secondary N) is 2. The summed E-state index contributed by atoms with van der Waals surface area (Å²) in [4.78, 5) is 8.24. The first-order valence-electron chi connectivity index (χ1n) is 6.16. The van der Waals surface area contributed by atoms with E-state index in [4.69, 9.17) is 11.7 Å². The van der Waals surface area contributed by atoms with E-state index in [2.05, 4.69) is 45.7 Å². The molecular weight excluding hydrogens is 274 g/mol. The molecule has 0 aliphatic rings. The van der Waals surface area contributed by atoms with Crippen LogP contribution in [0.2, 0.25) is 0 Å². The fourth-order valence-corrected chi connectivity index (χ4v) is 2.42. The Hall–Kier alpha value is -1.80. The fourth-order valence-electron chi connectivity index (χ4n) is 1.36. The van der Waals surface area contributed by atoms with Crippen molar-refractivity contribution in [3.8, 4) is 0 Å². The molecule has 20 heavy (non-hydrogen) atoms. The number of anilines is 1. The molecular formula is C12H21N7S. The van der Waals surface area contributed by atoms with E-state index in [1.165, 1.54) is 5.57 Å². The van der Waals surface area contributed by atoms with Gasteiger partial charge in [-0.25, -0.2) is 15.8 Å². The largest absolute Gasteiger partial charge is 0.343 e. The van der Waals surface area contributed by atoms with Crippen LogP contribution in [-0.4, -0.2) is 33.4 Å². The first-order chi connectivity index (χ1) is 9.67. The third-order valence-electron chi connectivity index (χ3n) is 2.38. The summed E-state index contributed by atoms with van der Waals surface area (Å²) in [7, 11) is 0. The molecule has 0 aromatic carbocycles. The molecule has 1 aromatic rings. The highest BCUT2D eigenvalue weighted by molar-refractivity contribution is 7.99. The molecule has 0 aliphatic carbocycles. The Labute approximate surface area is 123 Å². The smallest absolute Gasteiger partial charge is 0.223 e. The van der Waals surface area contributed by atoms with Crippen LogP contribution in [0.1, 0.15) is 13.8 Å². The molecule has 0 fully saturated rings. The summed E-state index contributed by atoms with van der Waals surface area (Å²) in [6.07, 6.45) is 5.49. The number of hydrogen-bond donors (Lipinski definition) is 4. The van der Waals surface area contributed by atoms with Crippen LogP contribution in [0.15, 0.2) is 35.2 Å². The standard InChI is InChI=1S/C12H21N7S/c1-9(2)4-7-20-8-10(11(18-13)19-14)17-12-15-5-3-6-16-12/h3-6,10H,7-8,13-14H2,1-2H3,(H,18,19)(H,15,16,17). The molecule has 1 atom stereocenters. The van der Waals surface area contributed by atoms with Crippen molar-refractivity contribution >= 4 is 23.5 Å². The van der Waals surface area contributed by atoms with E-state index >= 15 is 0 Å². The van der Waals surface area contributed by atoms with Crippen LogP contribution in [0.4, 0.5) is 5.95 Å². The first kappa shape index (κ1) is 16.3. The summed E-state index contributed by atoms with van der Waals surface area (Å²) in [5, 5.41) is 6.80. The molecule has 1 heterocycles. The summed E-state index contributed by atoms with van der Waals surface area (Å²) in [6, 6.07) is 1.58. The van der Waals surface area contributed by atoms with Crippen LogP contribution in [-0.2, 0) is 0 Å². The van der Waals surface area contributed by atoms with Gasteiger partial charge in [-0.15, -0.1) is 0 Å². The van der Waals surface area contributed by atoms with Gasteiger partial charge >= 0.3 is 0 Å². The lowest BCUT2D eigenvalue weighted by Gasteiger charge is -2.19. The molecule has 0 saturated carbocycles. The lowest BCUT2D eigenvalue weighted by molar-refractivity contribution is 0.895. The van der Waals surface area contributed by atoms with E-state index in [-0.39, 0.29) is 6.04 Å². The predicted octanol–water partition coefficient (Wildman–Crippen LogP) is 0.692. The maximum absolute atomic E-state index is 5.43. The molecule has 0 saturated heterocycles. The van der Waals surface area contributed by atoms with Gasteiger partial charge in [0, 0.05) is 23.9 Å². The zero-order valence-electron chi connectivity index (χ0n) is 11.7. The SMILES string of the molecule is CC(C)=CCSCC(Nc1ncccn1)/C(=N/N)NN. The fraction of sp³-hybridized carbons (Fsp3) is 0.417. The summed E-state index contributed by atoms with van der Waals surface area (Å²) < 4.78 is 0. The number of hydrazine groups is 1. The van der Waals surface area contributed by atoms with Crippen molar-refractivity contribution < 1.29 is 0 Å². The van der Waals surface area contributed by atoms with E-state index in [1.807, 2.05) is 0 Å². The summed E-state index contributed by atoms with van der Waals surface area (Å²) in [6.45, 7) is 4.14. The Morgan fingerprint density at radius 1 is 1.45 bits per heavy atom. The highest BCUT2D eigenvalue weighted by Gasteiger charge is 2.16. The quantitative estimate of drug-likeness (QED) is 0.146. The van der Waals surface area contributed by atoms with Crippen molar-refractivity contribution in [1.82, 2.24) is 15.4 Å².